The molecule has 0 spiro atoms. The van der Waals surface area contributed by atoms with Gasteiger partial charge in [-0.15, -0.1) is 0 Å². The van der Waals surface area contributed by atoms with Crippen LogP contribution < -0.4 is 10.6 Å². The van der Waals surface area contributed by atoms with Crippen LogP contribution >= 0.6 is 24.2 Å². The number of ether oxygens (including phenoxy) is 2. The second-order valence-electron chi connectivity index (χ2n) is 12.4. The number of thiol groups is 1. The van der Waals surface area contributed by atoms with Gasteiger partial charge in [-0.05, 0) is 89.4 Å². The van der Waals surface area contributed by atoms with E-state index in [0.717, 1.165) is 31.1 Å². The van der Waals surface area contributed by atoms with Crippen molar-refractivity contribution in [2.75, 3.05) is 50.8 Å². The van der Waals surface area contributed by atoms with Crippen LogP contribution in [0.25, 0.3) is 0 Å². The summed E-state index contributed by atoms with van der Waals surface area (Å²) in [4.78, 5) is 45.0. The zero-order chi connectivity index (χ0) is 32.4. The molecule has 2 aromatic carbocycles. The van der Waals surface area contributed by atoms with Crippen molar-refractivity contribution < 1.29 is 23.9 Å². The number of halogens is 1. The Labute approximate surface area is 272 Å². The summed E-state index contributed by atoms with van der Waals surface area (Å²) in [6, 6.07) is 13.9. The molecule has 0 bridgehead atoms. The van der Waals surface area contributed by atoms with Crippen LogP contribution in [0.5, 0.6) is 0 Å². The highest BCUT2D eigenvalue weighted by Gasteiger charge is 2.30. The number of esters is 1. The molecule has 44 heavy (non-hydrogen) atoms. The van der Waals surface area contributed by atoms with Gasteiger partial charge in [0.15, 0.2) is 0 Å². The van der Waals surface area contributed by atoms with Gasteiger partial charge in [-0.1, -0.05) is 23.7 Å². The average molecular weight is 647 g/mol. The minimum Gasteiger partial charge on any atom is -0.459 e. The molecule has 1 aliphatic rings. The van der Waals surface area contributed by atoms with Crippen LogP contribution in [-0.4, -0.2) is 96.5 Å². The quantitative estimate of drug-likeness (QED) is 0.245. The Morgan fingerprint density at radius 1 is 1.00 bits per heavy atom. The van der Waals surface area contributed by atoms with E-state index in [1.165, 1.54) is 5.56 Å². The van der Waals surface area contributed by atoms with E-state index >= 15 is 0 Å². The Kier molecular flexibility index (Phi) is 13.5. The van der Waals surface area contributed by atoms with E-state index in [2.05, 4.69) is 17.5 Å². The van der Waals surface area contributed by atoms with Gasteiger partial charge in [0, 0.05) is 55.5 Å². The van der Waals surface area contributed by atoms with E-state index in [9.17, 15) is 14.4 Å². The highest BCUT2D eigenvalue weighted by atomic mass is 35.5. The largest absolute Gasteiger partial charge is 0.459 e. The number of hydrogen-bond donors (Lipinski definition) is 2. The van der Waals surface area contributed by atoms with Crippen molar-refractivity contribution in [1.82, 2.24) is 9.80 Å². The number of nitrogens with zero attached hydrogens (tertiary/aromatic N) is 3. The molecule has 11 heteroatoms. The van der Waals surface area contributed by atoms with Gasteiger partial charge >= 0.3 is 5.97 Å². The zero-order valence-corrected chi connectivity index (χ0v) is 28.2. The van der Waals surface area contributed by atoms with Gasteiger partial charge in [-0.25, -0.2) is 0 Å². The number of hydrogen-bond acceptors (Lipinski definition) is 8. The molecule has 3 rings (SSSR count). The lowest BCUT2D eigenvalue weighted by Crippen LogP contribution is -2.49. The van der Waals surface area contributed by atoms with Crippen molar-refractivity contribution in [2.45, 2.75) is 70.5 Å². The van der Waals surface area contributed by atoms with Gasteiger partial charge in [-0.3, -0.25) is 19.3 Å². The van der Waals surface area contributed by atoms with Gasteiger partial charge in [0.05, 0.1) is 18.0 Å². The van der Waals surface area contributed by atoms with Crippen molar-refractivity contribution in [3.05, 3.63) is 64.7 Å². The number of carbonyl (C=O) groups is 3. The molecular formula is C33H47ClN4O5S. The number of anilines is 1. The first-order chi connectivity index (χ1) is 20.7. The first-order valence-corrected chi connectivity index (χ1v) is 16.1. The van der Waals surface area contributed by atoms with Gasteiger partial charge in [0.1, 0.15) is 11.6 Å². The average Bonchev–Trinajstić information content (AvgIpc) is 2.97. The lowest BCUT2D eigenvalue weighted by molar-refractivity contribution is -0.156. The predicted molar refractivity (Wildman–Crippen MR) is 179 cm³/mol. The summed E-state index contributed by atoms with van der Waals surface area (Å²) in [5.74, 6) is -0.928. The molecule has 1 heterocycles. The smallest absolute Gasteiger partial charge is 0.323 e. The first kappa shape index (κ1) is 35.8. The summed E-state index contributed by atoms with van der Waals surface area (Å²) >= 11 is 10.5. The molecule has 2 atom stereocenters. The van der Waals surface area contributed by atoms with Crippen LogP contribution in [0.4, 0.5) is 5.69 Å². The fourth-order valence-electron chi connectivity index (χ4n) is 4.82. The van der Waals surface area contributed by atoms with E-state index < -0.39 is 22.9 Å². The summed E-state index contributed by atoms with van der Waals surface area (Å²) in [6.07, 6.45) is 0.947. The predicted octanol–water partition coefficient (Wildman–Crippen LogP) is 4.46. The Morgan fingerprint density at radius 3 is 2.18 bits per heavy atom. The molecule has 0 saturated carbocycles. The minimum absolute atomic E-state index is 0.00255. The van der Waals surface area contributed by atoms with E-state index in [1.54, 1.807) is 49.9 Å². The number of rotatable bonds is 13. The number of carbonyl (C=O) groups excluding carboxylic acids is 3. The van der Waals surface area contributed by atoms with Crippen LogP contribution in [0.15, 0.2) is 48.5 Å². The maximum absolute atomic E-state index is 13.5. The molecule has 242 valence electrons. The number of amides is 2. The summed E-state index contributed by atoms with van der Waals surface area (Å²) in [6.45, 7) is 13.6. The Bertz CT molecular complexity index is 1230. The van der Waals surface area contributed by atoms with Crippen molar-refractivity contribution in [2.24, 2.45) is 5.73 Å². The second kappa shape index (κ2) is 16.6. The van der Waals surface area contributed by atoms with E-state index in [-0.39, 0.29) is 30.9 Å². The van der Waals surface area contributed by atoms with Crippen molar-refractivity contribution >= 4 is 47.7 Å². The van der Waals surface area contributed by atoms with Crippen LogP contribution in [0.3, 0.4) is 0 Å². The number of piperazine rings is 1. The van der Waals surface area contributed by atoms with E-state index in [0.29, 0.717) is 30.9 Å². The topological polar surface area (TPSA) is 105 Å². The molecule has 1 saturated heterocycles. The fraction of sp³-hybridized carbons (Fsp3) is 0.545. The normalized spacial score (nSPS) is 15.6. The second-order valence-corrected chi connectivity index (χ2v) is 13.4. The van der Waals surface area contributed by atoms with Crippen molar-refractivity contribution in [3.8, 4) is 0 Å². The molecule has 2 amide bonds. The summed E-state index contributed by atoms with van der Waals surface area (Å²) < 4.78 is 11.1. The summed E-state index contributed by atoms with van der Waals surface area (Å²) in [5.41, 5.74) is 7.78. The maximum atomic E-state index is 13.5. The third kappa shape index (κ3) is 11.4. The monoisotopic (exact) mass is 646 g/mol. The van der Waals surface area contributed by atoms with Crippen LogP contribution in [0.2, 0.25) is 5.02 Å². The van der Waals surface area contributed by atoms with Crippen molar-refractivity contribution in [1.29, 1.82) is 0 Å². The SMILES string of the molecule is CC(C)OCCN(C(=O)[C@H](S)CC(N)C(=O)OC(C)(C)C)c1ccc(C(=O)N2CCN(CCc3ccc(Cl)cc3)CC2)cc1. The third-order valence-corrected chi connectivity index (χ3v) is 7.90. The molecule has 0 aromatic heterocycles. The minimum atomic E-state index is -0.993. The molecule has 2 aromatic rings. The first-order valence-electron chi connectivity index (χ1n) is 15.2. The molecule has 2 N–H and O–H groups in total. The van der Waals surface area contributed by atoms with Gasteiger partial charge in [-0.2, -0.15) is 12.6 Å². The van der Waals surface area contributed by atoms with Crippen LogP contribution in [0.1, 0.15) is 57.0 Å². The summed E-state index contributed by atoms with van der Waals surface area (Å²) in [7, 11) is 0. The molecular weight excluding hydrogens is 600 g/mol. The van der Waals surface area contributed by atoms with Crippen LogP contribution in [0, 0.1) is 0 Å². The Hall–Kier alpha value is -2.63. The zero-order valence-electron chi connectivity index (χ0n) is 26.5. The van der Waals surface area contributed by atoms with Crippen LogP contribution in [-0.2, 0) is 25.5 Å². The molecule has 0 radical (unpaired) electrons. The third-order valence-electron chi connectivity index (χ3n) is 7.22. The van der Waals surface area contributed by atoms with E-state index in [1.807, 2.05) is 43.0 Å². The molecule has 1 aliphatic heterocycles. The Balaban J connectivity index is 1.60. The lowest BCUT2D eigenvalue weighted by atomic mass is 10.1. The summed E-state index contributed by atoms with van der Waals surface area (Å²) in [5, 5.41) is -0.104. The number of benzene rings is 2. The van der Waals surface area contributed by atoms with Gasteiger partial charge in [0.2, 0.25) is 5.91 Å². The highest BCUT2D eigenvalue weighted by Crippen LogP contribution is 2.21. The fourth-order valence-corrected chi connectivity index (χ4v) is 5.31. The molecule has 1 unspecified atom stereocenters. The van der Waals surface area contributed by atoms with Gasteiger partial charge in [0.25, 0.3) is 5.91 Å². The number of nitrogens with two attached hydrogens (primary N) is 1. The highest BCUT2D eigenvalue weighted by molar-refractivity contribution is 7.81. The lowest BCUT2D eigenvalue weighted by Gasteiger charge is -2.35. The Morgan fingerprint density at radius 2 is 1.61 bits per heavy atom. The van der Waals surface area contributed by atoms with E-state index in [4.69, 9.17) is 26.8 Å². The van der Waals surface area contributed by atoms with Gasteiger partial charge < -0.3 is 25.0 Å². The standard InChI is InChI=1S/C33H47ClN4O5S/c1-23(2)42-21-20-38(31(40)29(44)22-28(35)32(41)43-33(3,4)5)27-12-8-25(9-13-27)30(39)37-18-16-36(17-19-37)15-14-24-6-10-26(34)11-7-24/h6-13,23,28-29,44H,14-22,35H2,1-5H3/t28?,29-/m1/s1. The molecule has 0 aliphatic carbocycles. The molecule has 1 fully saturated rings. The molecule has 9 nitrogen and oxygen atoms in total. The van der Waals surface area contributed by atoms with Crippen molar-refractivity contribution in [3.63, 3.8) is 0 Å². The maximum Gasteiger partial charge on any atom is 0.323 e.